The van der Waals surface area contributed by atoms with Crippen LogP contribution in [0.15, 0.2) is 12.7 Å². The minimum absolute atomic E-state index is 0.297. The van der Waals surface area contributed by atoms with E-state index in [4.69, 9.17) is 0 Å². The Labute approximate surface area is 67.9 Å². The summed E-state index contributed by atoms with van der Waals surface area (Å²) >= 11 is 0. The Balaban J connectivity index is 2.20. The van der Waals surface area contributed by atoms with Crippen LogP contribution >= 0.6 is 0 Å². The van der Waals surface area contributed by atoms with Crippen LogP contribution in [0.5, 0.6) is 0 Å². The van der Waals surface area contributed by atoms with Gasteiger partial charge in [-0.25, -0.2) is 0 Å². The number of hydrogen-bond donors (Lipinski definition) is 0. The molecule has 2 heteroatoms. The van der Waals surface area contributed by atoms with Crippen molar-refractivity contribution in [2.75, 3.05) is 13.1 Å². The van der Waals surface area contributed by atoms with Crippen LogP contribution in [0.4, 0.5) is 0 Å². The summed E-state index contributed by atoms with van der Waals surface area (Å²) in [5.74, 6) is 0.849. The second-order valence-electron chi connectivity index (χ2n) is 3.04. The Kier molecular flexibility index (Phi) is 2.69. The van der Waals surface area contributed by atoms with Crippen LogP contribution in [0.3, 0.4) is 0 Å². The van der Waals surface area contributed by atoms with Crippen molar-refractivity contribution in [3.05, 3.63) is 12.7 Å². The number of carbonyl (C=O) groups excluding carboxylic acids is 1. The molecule has 0 radical (unpaired) electrons. The molecule has 0 aliphatic carbocycles. The van der Waals surface area contributed by atoms with Crippen molar-refractivity contribution in [2.45, 2.75) is 19.8 Å². The van der Waals surface area contributed by atoms with Crippen molar-refractivity contribution in [1.29, 1.82) is 0 Å². The van der Waals surface area contributed by atoms with Gasteiger partial charge in [0.25, 0.3) is 0 Å². The average molecular weight is 153 g/mol. The zero-order valence-corrected chi connectivity index (χ0v) is 7.05. The Hall–Kier alpha value is -0.790. The van der Waals surface area contributed by atoms with Crippen molar-refractivity contribution in [3.8, 4) is 0 Å². The van der Waals surface area contributed by atoms with E-state index in [2.05, 4.69) is 6.58 Å². The van der Waals surface area contributed by atoms with Crippen molar-refractivity contribution >= 4 is 5.91 Å². The van der Waals surface area contributed by atoms with E-state index in [1.54, 1.807) is 0 Å². The lowest BCUT2D eigenvalue weighted by molar-refractivity contribution is -0.136. The summed E-state index contributed by atoms with van der Waals surface area (Å²) in [5.41, 5.74) is 0. The third kappa shape index (κ3) is 1.82. The van der Waals surface area contributed by atoms with Gasteiger partial charge in [0, 0.05) is 25.4 Å². The maximum Gasteiger partial charge on any atom is 0.222 e. The molecule has 0 atom stereocenters. The lowest BCUT2D eigenvalue weighted by atomic mass is 10.00. The first-order valence-electron chi connectivity index (χ1n) is 4.18. The number of likely N-dealkylation sites (tertiary alicyclic amines) is 1. The van der Waals surface area contributed by atoms with Crippen molar-refractivity contribution in [2.24, 2.45) is 5.92 Å². The van der Waals surface area contributed by atoms with Gasteiger partial charge in [-0.3, -0.25) is 4.79 Å². The third-order valence-electron chi connectivity index (χ3n) is 2.06. The van der Waals surface area contributed by atoms with Gasteiger partial charge in [0.05, 0.1) is 0 Å². The maximum atomic E-state index is 11.2. The monoisotopic (exact) mass is 153 g/mol. The van der Waals surface area contributed by atoms with Crippen molar-refractivity contribution in [1.82, 2.24) is 4.90 Å². The van der Waals surface area contributed by atoms with Gasteiger partial charge in [-0.2, -0.15) is 0 Å². The molecule has 1 rings (SSSR count). The molecule has 1 amide bonds. The minimum Gasteiger partial charge on any atom is -0.341 e. The predicted octanol–water partition coefficient (Wildman–Crippen LogP) is 1.43. The summed E-state index contributed by atoms with van der Waals surface area (Å²) in [7, 11) is 0. The lowest BCUT2D eigenvalue weighted by Crippen LogP contribution is -2.48. The molecule has 1 fully saturated rings. The Bertz CT molecular complexity index is 159. The Morgan fingerprint density at radius 1 is 1.73 bits per heavy atom. The molecule has 0 spiro atoms. The highest BCUT2D eigenvalue weighted by molar-refractivity contribution is 5.77. The SMILES string of the molecule is C=CC1CN(C(=O)CCC)C1. The minimum atomic E-state index is 0.297. The molecule has 1 aliphatic heterocycles. The van der Waals surface area contributed by atoms with E-state index >= 15 is 0 Å². The fraction of sp³-hybridized carbons (Fsp3) is 0.667. The molecule has 0 aromatic heterocycles. The second kappa shape index (κ2) is 3.56. The number of carbonyl (C=O) groups is 1. The van der Waals surface area contributed by atoms with Crippen LogP contribution in [0.1, 0.15) is 19.8 Å². The topological polar surface area (TPSA) is 20.3 Å². The van der Waals surface area contributed by atoms with Crippen LogP contribution in [-0.2, 0) is 4.79 Å². The fourth-order valence-corrected chi connectivity index (χ4v) is 1.24. The Morgan fingerprint density at radius 3 is 2.82 bits per heavy atom. The zero-order valence-electron chi connectivity index (χ0n) is 7.05. The third-order valence-corrected chi connectivity index (χ3v) is 2.06. The van der Waals surface area contributed by atoms with Gasteiger partial charge < -0.3 is 4.90 Å². The highest BCUT2D eigenvalue weighted by Crippen LogP contribution is 2.17. The first-order valence-corrected chi connectivity index (χ1v) is 4.18. The predicted molar refractivity (Wildman–Crippen MR) is 45.2 cm³/mol. The molecule has 1 saturated heterocycles. The van der Waals surface area contributed by atoms with E-state index in [1.165, 1.54) is 0 Å². The molecule has 0 aromatic rings. The molecule has 1 aliphatic rings. The molecule has 0 aromatic carbocycles. The van der Waals surface area contributed by atoms with E-state index in [0.29, 0.717) is 18.2 Å². The molecule has 11 heavy (non-hydrogen) atoms. The van der Waals surface area contributed by atoms with E-state index < -0.39 is 0 Å². The molecule has 0 bridgehead atoms. The second-order valence-corrected chi connectivity index (χ2v) is 3.04. The van der Waals surface area contributed by atoms with E-state index in [9.17, 15) is 4.79 Å². The van der Waals surface area contributed by atoms with Gasteiger partial charge in [-0.05, 0) is 6.42 Å². The fourth-order valence-electron chi connectivity index (χ4n) is 1.24. The molecule has 0 saturated carbocycles. The number of rotatable bonds is 3. The largest absolute Gasteiger partial charge is 0.341 e. The summed E-state index contributed by atoms with van der Waals surface area (Å²) in [6.07, 6.45) is 3.58. The van der Waals surface area contributed by atoms with Crippen LogP contribution in [0, 0.1) is 5.92 Å². The number of amides is 1. The quantitative estimate of drug-likeness (QED) is 0.562. The van der Waals surface area contributed by atoms with Crippen LogP contribution in [0.2, 0.25) is 0 Å². The van der Waals surface area contributed by atoms with E-state index in [0.717, 1.165) is 19.5 Å². The van der Waals surface area contributed by atoms with Crippen LogP contribution < -0.4 is 0 Å². The van der Waals surface area contributed by atoms with Crippen LogP contribution in [-0.4, -0.2) is 23.9 Å². The summed E-state index contributed by atoms with van der Waals surface area (Å²) in [6.45, 7) is 7.50. The normalized spacial score (nSPS) is 17.7. The summed E-state index contributed by atoms with van der Waals surface area (Å²) < 4.78 is 0. The molecule has 2 nitrogen and oxygen atoms in total. The van der Waals surface area contributed by atoms with Gasteiger partial charge >= 0.3 is 0 Å². The zero-order chi connectivity index (χ0) is 8.27. The highest BCUT2D eigenvalue weighted by atomic mass is 16.2. The summed E-state index contributed by atoms with van der Waals surface area (Å²) in [4.78, 5) is 13.1. The van der Waals surface area contributed by atoms with Crippen molar-refractivity contribution in [3.63, 3.8) is 0 Å². The molecule has 62 valence electrons. The molecule has 0 N–H and O–H groups in total. The number of hydrogen-bond acceptors (Lipinski definition) is 1. The molecule has 1 heterocycles. The van der Waals surface area contributed by atoms with Gasteiger partial charge in [0.1, 0.15) is 0 Å². The van der Waals surface area contributed by atoms with Gasteiger partial charge in [0.15, 0.2) is 0 Å². The lowest BCUT2D eigenvalue weighted by Gasteiger charge is -2.37. The molecular formula is C9H15NO. The molecule has 0 unspecified atom stereocenters. The smallest absolute Gasteiger partial charge is 0.222 e. The number of nitrogens with zero attached hydrogens (tertiary/aromatic N) is 1. The first-order chi connectivity index (χ1) is 5.27. The average Bonchev–Trinajstić information content (AvgIpc) is 1.86. The van der Waals surface area contributed by atoms with E-state index in [-0.39, 0.29) is 0 Å². The Morgan fingerprint density at radius 2 is 2.36 bits per heavy atom. The van der Waals surface area contributed by atoms with Gasteiger partial charge in [-0.1, -0.05) is 13.0 Å². The maximum absolute atomic E-state index is 11.2. The van der Waals surface area contributed by atoms with Gasteiger partial charge in [0.2, 0.25) is 5.91 Å². The van der Waals surface area contributed by atoms with Crippen LogP contribution in [0.25, 0.3) is 0 Å². The molecular weight excluding hydrogens is 138 g/mol. The standard InChI is InChI=1S/C9H15NO/c1-3-5-9(11)10-6-8(4-2)7-10/h4,8H,2-3,5-7H2,1H3. The van der Waals surface area contributed by atoms with Crippen molar-refractivity contribution < 1.29 is 4.79 Å². The van der Waals surface area contributed by atoms with E-state index in [1.807, 2.05) is 17.9 Å². The summed E-state index contributed by atoms with van der Waals surface area (Å²) in [6, 6.07) is 0. The first kappa shape index (κ1) is 8.31. The summed E-state index contributed by atoms with van der Waals surface area (Å²) in [5, 5.41) is 0. The van der Waals surface area contributed by atoms with Gasteiger partial charge in [-0.15, -0.1) is 6.58 Å². The highest BCUT2D eigenvalue weighted by Gasteiger charge is 2.27.